The Labute approximate surface area is 175 Å². The van der Waals surface area contributed by atoms with E-state index in [0.717, 1.165) is 12.1 Å². The maximum atomic E-state index is 13.8. The fourth-order valence-electron chi connectivity index (χ4n) is 3.44. The van der Waals surface area contributed by atoms with Gasteiger partial charge in [0.15, 0.2) is 0 Å². The van der Waals surface area contributed by atoms with Crippen molar-refractivity contribution >= 4 is 15.9 Å². The van der Waals surface area contributed by atoms with Crippen molar-refractivity contribution < 1.29 is 26.7 Å². The fraction of sp³-hybridized carbons (Fsp3) is 0.381. The molecule has 1 amide bonds. The molecule has 3 rings (SSSR count). The number of rotatable bonds is 5. The number of hydrogen-bond donors (Lipinski definition) is 0. The number of carbonyl (C=O) groups is 1. The quantitative estimate of drug-likeness (QED) is 0.720. The van der Waals surface area contributed by atoms with E-state index >= 15 is 0 Å². The number of nitrogens with zero attached hydrogens (tertiary/aromatic N) is 2. The van der Waals surface area contributed by atoms with Crippen LogP contribution < -0.4 is 0 Å². The van der Waals surface area contributed by atoms with E-state index in [1.807, 2.05) is 13.8 Å². The van der Waals surface area contributed by atoms with Gasteiger partial charge >= 0.3 is 0 Å². The van der Waals surface area contributed by atoms with Gasteiger partial charge in [-0.05, 0) is 44.2 Å². The molecule has 1 aliphatic heterocycles. The first kappa shape index (κ1) is 22.3. The van der Waals surface area contributed by atoms with Gasteiger partial charge in [-0.1, -0.05) is 6.07 Å². The summed E-state index contributed by atoms with van der Waals surface area (Å²) in [6.45, 7) is 4.12. The Morgan fingerprint density at radius 2 is 1.70 bits per heavy atom. The normalized spacial score (nSPS) is 20.2. The lowest BCUT2D eigenvalue weighted by Crippen LogP contribution is -2.48. The maximum absolute atomic E-state index is 13.8. The third-order valence-electron chi connectivity index (χ3n) is 4.89. The first-order chi connectivity index (χ1) is 14.1. The summed E-state index contributed by atoms with van der Waals surface area (Å²) in [5.74, 6) is -1.83. The van der Waals surface area contributed by atoms with Crippen molar-refractivity contribution in [3.8, 4) is 0 Å². The number of benzene rings is 2. The number of sulfonamides is 1. The molecule has 2 atom stereocenters. The van der Waals surface area contributed by atoms with Crippen molar-refractivity contribution in [1.29, 1.82) is 0 Å². The van der Waals surface area contributed by atoms with E-state index < -0.39 is 27.6 Å². The van der Waals surface area contributed by atoms with Gasteiger partial charge in [-0.2, -0.15) is 4.31 Å². The third kappa shape index (κ3) is 4.85. The van der Waals surface area contributed by atoms with E-state index in [1.165, 1.54) is 46.6 Å². The van der Waals surface area contributed by atoms with Crippen LogP contribution in [0, 0.1) is 11.6 Å². The molecule has 0 bridgehead atoms. The summed E-state index contributed by atoms with van der Waals surface area (Å²) in [6, 6.07) is 8.82. The summed E-state index contributed by atoms with van der Waals surface area (Å²) in [6.07, 6.45) is -0.408. The number of carbonyl (C=O) groups excluding carboxylic acids is 1. The van der Waals surface area contributed by atoms with E-state index in [-0.39, 0.29) is 47.9 Å². The van der Waals surface area contributed by atoms with Gasteiger partial charge in [-0.3, -0.25) is 4.79 Å². The monoisotopic (exact) mass is 438 g/mol. The summed E-state index contributed by atoms with van der Waals surface area (Å²) in [4.78, 5) is 14.0. The Hall–Kier alpha value is -2.36. The van der Waals surface area contributed by atoms with Crippen molar-refractivity contribution in [2.45, 2.75) is 37.5 Å². The average Bonchev–Trinajstić information content (AvgIpc) is 2.69. The van der Waals surface area contributed by atoms with Crippen molar-refractivity contribution in [2.24, 2.45) is 0 Å². The lowest BCUT2D eigenvalue weighted by Gasteiger charge is -2.34. The molecule has 2 aromatic carbocycles. The van der Waals surface area contributed by atoms with Crippen molar-refractivity contribution in [2.75, 3.05) is 20.1 Å². The molecule has 0 spiro atoms. The lowest BCUT2D eigenvalue weighted by molar-refractivity contribution is -0.0440. The van der Waals surface area contributed by atoms with Crippen LogP contribution in [0.2, 0.25) is 0 Å². The van der Waals surface area contributed by atoms with E-state index in [4.69, 9.17) is 4.74 Å². The predicted molar refractivity (Wildman–Crippen MR) is 107 cm³/mol. The molecule has 9 heteroatoms. The highest BCUT2D eigenvalue weighted by Gasteiger charge is 2.32. The van der Waals surface area contributed by atoms with Crippen LogP contribution in [0.15, 0.2) is 47.4 Å². The Balaban J connectivity index is 1.73. The standard InChI is InChI=1S/C21H24F2N2O4S/c1-14-11-25(12-15(2)29-14)30(27,28)19-8-5-16(6-9-19)21(26)24(3)13-17-4-7-18(22)10-20(17)23/h4-10,14-15H,11-13H2,1-3H3. The highest BCUT2D eigenvalue weighted by Crippen LogP contribution is 2.22. The Bertz CT molecular complexity index is 1020. The Kier molecular flexibility index (Phi) is 6.54. The Morgan fingerprint density at radius 3 is 2.27 bits per heavy atom. The minimum Gasteiger partial charge on any atom is -0.373 e. The van der Waals surface area contributed by atoms with Crippen molar-refractivity contribution in [1.82, 2.24) is 9.21 Å². The molecule has 162 valence electrons. The van der Waals surface area contributed by atoms with Crippen LogP contribution in [0.25, 0.3) is 0 Å². The van der Waals surface area contributed by atoms with Gasteiger partial charge in [0.1, 0.15) is 11.6 Å². The molecule has 1 saturated heterocycles. The van der Waals surface area contributed by atoms with Crippen LogP contribution in [0.4, 0.5) is 8.78 Å². The first-order valence-corrected chi connectivity index (χ1v) is 11.0. The van der Waals surface area contributed by atoms with Gasteiger partial charge in [-0.15, -0.1) is 0 Å². The molecule has 1 aliphatic rings. The molecule has 0 aromatic heterocycles. The van der Waals surface area contributed by atoms with Gasteiger partial charge < -0.3 is 9.64 Å². The van der Waals surface area contributed by atoms with Crippen molar-refractivity contribution in [3.63, 3.8) is 0 Å². The zero-order valence-electron chi connectivity index (χ0n) is 17.0. The molecule has 1 heterocycles. The summed E-state index contributed by atoms with van der Waals surface area (Å²) in [5, 5.41) is 0. The minimum absolute atomic E-state index is 0.0471. The molecular weight excluding hydrogens is 414 g/mol. The first-order valence-electron chi connectivity index (χ1n) is 9.53. The van der Waals surface area contributed by atoms with Crippen LogP contribution in [-0.4, -0.2) is 55.9 Å². The SMILES string of the molecule is CC1CN(S(=O)(=O)c2ccc(C(=O)N(C)Cc3ccc(F)cc3F)cc2)CC(C)O1. The zero-order chi connectivity index (χ0) is 22.1. The molecule has 1 fully saturated rings. The summed E-state index contributed by atoms with van der Waals surface area (Å²) in [5.41, 5.74) is 0.449. The molecule has 2 unspecified atom stereocenters. The van der Waals surface area contributed by atoms with E-state index in [2.05, 4.69) is 0 Å². The average molecular weight is 438 g/mol. The number of ether oxygens (including phenoxy) is 1. The van der Waals surface area contributed by atoms with Gasteiger partial charge in [-0.25, -0.2) is 17.2 Å². The van der Waals surface area contributed by atoms with E-state index in [9.17, 15) is 22.0 Å². The highest BCUT2D eigenvalue weighted by molar-refractivity contribution is 7.89. The predicted octanol–water partition coefficient (Wildman–Crippen LogP) is 3.03. The van der Waals surface area contributed by atoms with Gasteiger partial charge in [0, 0.05) is 43.9 Å². The van der Waals surface area contributed by atoms with Gasteiger partial charge in [0.25, 0.3) is 5.91 Å². The number of hydrogen-bond acceptors (Lipinski definition) is 4. The molecule has 6 nitrogen and oxygen atoms in total. The second kappa shape index (κ2) is 8.79. The molecule has 0 aliphatic carbocycles. The van der Waals surface area contributed by atoms with E-state index in [1.54, 1.807) is 0 Å². The van der Waals surface area contributed by atoms with Crippen LogP contribution in [0.1, 0.15) is 29.8 Å². The van der Waals surface area contributed by atoms with Crippen molar-refractivity contribution in [3.05, 3.63) is 65.2 Å². The van der Waals surface area contributed by atoms with Gasteiger partial charge in [0.05, 0.1) is 17.1 Å². The molecule has 30 heavy (non-hydrogen) atoms. The summed E-state index contributed by atoms with van der Waals surface area (Å²) >= 11 is 0. The molecule has 0 saturated carbocycles. The Morgan fingerprint density at radius 1 is 1.10 bits per heavy atom. The topological polar surface area (TPSA) is 66.9 Å². The largest absolute Gasteiger partial charge is 0.373 e. The molecular formula is C21H24F2N2O4S. The smallest absolute Gasteiger partial charge is 0.253 e. The maximum Gasteiger partial charge on any atom is 0.253 e. The molecule has 0 N–H and O–H groups in total. The van der Waals surface area contributed by atoms with E-state index in [0.29, 0.717) is 0 Å². The highest BCUT2D eigenvalue weighted by atomic mass is 32.2. The fourth-order valence-corrected chi connectivity index (χ4v) is 5.03. The lowest BCUT2D eigenvalue weighted by atomic mass is 10.1. The van der Waals surface area contributed by atoms with Gasteiger partial charge in [0.2, 0.25) is 10.0 Å². The zero-order valence-corrected chi connectivity index (χ0v) is 17.8. The summed E-state index contributed by atoms with van der Waals surface area (Å²) < 4.78 is 59.6. The molecule has 0 radical (unpaired) electrons. The van der Waals surface area contributed by atoms with Crippen LogP contribution in [0.3, 0.4) is 0 Å². The second-order valence-electron chi connectivity index (χ2n) is 7.50. The van der Waals surface area contributed by atoms with Crippen LogP contribution >= 0.6 is 0 Å². The minimum atomic E-state index is -3.71. The second-order valence-corrected chi connectivity index (χ2v) is 9.44. The number of amides is 1. The van der Waals surface area contributed by atoms with Crippen LogP contribution in [0.5, 0.6) is 0 Å². The van der Waals surface area contributed by atoms with Crippen LogP contribution in [-0.2, 0) is 21.3 Å². The molecule has 2 aromatic rings. The summed E-state index contributed by atoms with van der Waals surface area (Å²) in [7, 11) is -2.21. The number of halogens is 2. The number of morpholine rings is 1. The third-order valence-corrected chi connectivity index (χ3v) is 6.74.